The van der Waals surface area contributed by atoms with Gasteiger partial charge in [0.2, 0.25) is 11.8 Å². The van der Waals surface area contributed by atoms with Crippen LogP contribution in [0.2, 0.25) is 0 Å². The molecule has 0 aromatic heterocycles. The zero-order chi connectivity index (χ0) is 21.9. The van der Waals surface area contributed by atoms with Crippen LogP contribution in [0.15, 0.2) is 53.0 Å². The fourth-order valence-electron chi connectivity index (χ4n) is 2.92. The predicted molar refractivity (Wildman–Crippen MR) is 121 cm³/mol. The van der Waals surface area contributed by atoms with E-state index in [0.29, 0.717) is 32.5 Å². The maximum absolute atomic E-state index is 12.9. The van der Waals surface area contributed by atoms with Gasteiger partial charge in [0.15, 0.2) is 0 Å². The van der Waals surface area contributed by atoms with Crippen molar-refractivity contribution in [3.05, 3.63) is 58.6 Å². The minimum absolute atomic E-state index is 0.0741. The van der Waals surface area contributed by atoms with Crippen molar-refractivity contribution in [2.75, 3.05) is 20.3 Å². The first-order valence-electron chi connectivity index (χ1n) is 10.0. The van der Waals surface area contributed by atoms with Crippen LogP contribution in [0.5, 0.6) is 11.5 Å². The number of benzene rings is 2. The van der Waals surface area contributed by atoms with Gasteiger partial charge >= 0.3 is 0 Å². The van der Waals surface area contributed by atoms with Gasteiger partial charge in [-0.1, -0.05) is 28.1 Å². The molecule has 2 aromatic rings. The summed E-state index contributed by atoms with van der Waals surface area (Å²) in [4.78, 5) is 26.9. The summed E-state index contributed by atoms with van der Waals surface area (Å²) < 4.78 is 11.8. The number of carbonyl (C=O) groups is 2. The molecule has 0 aliphatic heterocycles. The highest BCUT2D eigenvalue weighted by Gasteiger charge is 2.25. The lowest BCUT2D eigenvalue weighted by molar-refractivity contribution is -0.140. The number of halogens is 1. The van der Waals surface area contributed by atoms with E-state index in [-0.39, 0.29) is 11.8 Å². The van der Waals surface area contributed by atoms with Gasteiger partial charge in [-0.3, -0.25) is 9.59 Å². The molecule has 0 saturated heterocycles. The number of nitrogens with one attached hydrogen (secondary N) is 1. The van der Waals surface area contributed by atoms with Crippen molar-refractivity contribution in [3.8, 4) is 11.5 Å². The summed E-state index contributed by atoms with van der Waals surface area (Å²) in [5.74, 6) is 1.26. The fraction of sp³-hybridized carbons (Fsp3) is 0.391. The lowest BCUT2D eigenvalue weighted by atomic mass is 10.1. The highest BCUT2D eigenvalue weighted by atomic mass is 79.9. The van der Waals surface area contributed by atoms with Crippen molar-refractivity contribution >= 4 is 27.7 Å². The molecule has 0 aliphatic carbocycles. The Morgan fingerprint density at radius 3 is 2.30 bits per heavy atom. The van der Waals surface area contributed by atoms with Crippen LogP contribution in [-0.4, -0.2) is 43.0 Å². The summed E-state index contributed by atoms with van der Waals surface area (Å²) in [6.07, 6.45) is 0.861. The summed E-state index contributed by atoms with van der Waals surface area (Å²) in [7, 11) is 1.61. The van der Waals surface area contributed by atoms with E-state index in [1.54, 1.807) is 18.9 Å². The van der Waals surface area contributed by atoms with Gasteiger partial charge in [0, 0.05) is 24.0 Å². The molecule has 0 saturated carbocycles. The molecule has 0 aliphatic rings. The molecular formula is C23H29BrN2O4. The van der Waals surface area contributed by atoms with E-state index in [2.05, 4.69) is 21.2 Å². The topological polar surface area (TPSA) is 67.9 Å². The lowest BCUT2D eigenvalue weighted by Gasteiger charge is -2.28. The third-order valence-electron chi connectivity index (χ3n) is 4.65. The van der Waals surface area contributed by atoms with Crippen LogP contribution in [0, 0.1) is 0 Å². The minimum atomic E-state index is -0.552. The van der Waals surface area contributed by atoms with Crippen molar-refractivity contribution < 1.29 is 19.1 Å². The second-order valence-electron chi connectivity index (χ2n) is 6.85. The smallest absolute Gasteiger partial charge is 0.242 e. The minimum Gasteiger partial charge on any atom is -0.497 e. The molecule has 2 aromatic carbocycles. The quantitative estimate of drug-likeness (QED) is 0.494. The molecule has 0 bridgehead atoms. The molecule has 1 atom stereocenters. The second-order valence-corrected chi connectivity index (χ2v) is 7.76. The van der Waals surface area contributed by atoms with Gasteiger partial charge in [0.25, 0.3) is 0 Å². The Morgan fingerprint density at radius 1 is 1.07 bits per heavy atom. The number of hydrogen-bond acceptors (Lipinski definition) is 4. The lowest BCUT2D eigenvalue weighted by Crippen LogP contribution is -2.47. The van der Waals surface area contributed by atoms with E-state index in [1.807, 2.05) is 55.5 Å². The first-order chi connectivity index (χ1) is 14.4. The average Bonchev–Trinajstić information content (AvgIpc) is 2.76. The third-order valence-corrected chi connectivity index (χ3v) is 5.18. The molecule has 0 radical (unpaired) electrons. The largest absolute Gasteiger partial charge is 0.497 e. The Balaban J connectivity index is 1.94. The SMILES string of the molecule is CCNC(=O)[C@@H](C)N(Cc1ccc(Br)cc1)C(=O)CCCOc1ccc(OC)cc1. The standard InChI is InChI=1S/C23H29BrN2O4/c1-4-25-23(28)17(2)26(16-18-7-9-19(24)10-8-18)22(27)6-5-15-30-21-13-11-20(29-3)12-14-21/h7-14,17H,4-6,15-16H2,1-3H3,(H,25,28)/t17-/m1/s1. The molecular weight excluding hydrogens is 448 g/mol. The normalized spacial score (nSPS) is 11.5. The van der Waals surface area contributed by atoms with Gasteiger partial charge in [0.05, 0.1) is 13.7 Å². The van der Waals surface area contributed by atoms with Crippen LogP contribution < -0.4 is 14.8 Å². The van der Waals surface area contributed by atoms with Gasteiger partial charge in [0.1, 0.15) is 17.5 Å². The molecule has 0 spiro atoms. The van der Waals surface area contributed by atoms with Gasteiger partial charge in [-0.05, 0) is 62.2 Å². The molecule has 0 unspecified atom stereocenters. The maximum atomic E-state index is 12.9. The summed E-state index contributed by atoms with van der Waals surface area (Å²) >= 11 is 3.42. The monoisotopic (exact) mass is 476 g/mol. The number of likely N-dealkylation sites (N-methyl/N-ethyl adjacent to an activating group) is 1. The highest BCUT2D eigenvalue weighted by Crippen LogP contribution is 2.18. The number of nitrogens with zero attached hydrogens (tertiary/aromatic N) is 1. The Bertz CT molecular complexity index is 809. The van der Waals surface area contributed by atoms with E-state index < -0.39 is 6.04 Å². The van der Waals surface area contributed by atoms with Crippen molar-refractivity contribution in [2.24, 2.45) is 0 Å². The maximum Gasteiger partial charge on any atom is 0.242 e. The second kappa shape index (κ2) is 12.2. The summed E-state index contributed by atoms with van der Waals surface area (Å²) in [6.45, 7) is 4.94. The van der Waals surface area contributed by atoms with Crippen LogP contribution in [-0.2, 0) is 16.1 Å². The van der Waals surface area contributed by atoms with Crippen molar-refractivity contribution in [2.45, 2.75) is 39.3 Å². The fourth-order valence-corrected chi connectivity index (χ4v) is 3.18. The number of hydrogen-bond donors (Lipinski definition) is 1. The van der Waals surface area contributed by atoms with E-state index in [0.717, 1.165) is 21.5 Å². The van der Waals surface area contributed by atoms with Gasteiger partial charge in [-0.25, -0.2) is 0 Å². The number of amides is 2. The molecule has 6 nitrogen and oxygen atoms in total. The Morgan fingerprint density at radius 2 is 1.70 bits per heavy atom. The van der Waals surface area contributed by atoms with Crippen LogP contribution in [0.1, 0.15) is 32.3 Å². The van der Waals surface area contributed by atoms with E-state index in [4.69, 9.17) is 9.47 Å². The van der Waals surface area contributed by atoms with Gasteiger partial charge in [-0.2, -0.15) is 0 Å². The molecule has 2 rings (SSSR count). The van der Waals surface area contributed by atoms with Crippen LogP contribution in [0.25, 0.3) is 0 Å². The molecule has 162 valence electrons. The van der Waals surface area contributed by atoms with E-state index in [9.17, 15) is 9.59 Å². The Kier molecular flexibility index (Phi) is 9.67. The van der Waals surface area contributed by atoms with Crippen molar-refractivity contribution in [3.63, 3.8) is 0 Å². The molecule has 0 fully saturated rings. The van der Waals surface area contributed by atoms with Gasteiger partial charge < -0.3 is 19.7 Å². The number of rotatable bonds is 11. The van der Waals surface area contributed by atoms with Crippen molar-refractivity contribution in [1.82, 2.24) is 10.2 Å². The first-order valence-corrected chi connectivity index (χ1v) is 10.8. The third kappa shape index (κ3) is 7.37. The Labute approximate surface area is 186 Å². The molecule has 1 N–H and O–H groups in total. The van der Waals surface area contributed by atoms with Gasteiger partial charge in [-0.15, -0.1) is 0 Å². The van der Waals surface area contributed by atoms with E-state index in [1.165, 1.54) is 0 Å². The van der Waals surface area contributed by atoms with E-state index >= 15 is 0 Å². The highest BCUT2D eigenvalue weighted by molar-refractivity contribution is 9.10. The number of methoxy groups -OCH3 is 1. The Hall–Kier alpha value is -2.54. The van der Waals surface area contributed by atoms with Crippen LogP contribution in [0.3, 0.4) is 0 Å². The zero-order valence-electron chi connectivity index (χ0n) is 17.7. The zero-order valence-corrected chi connectivity index (χ0v) is 19.3. The number of carbonyl (C=O) groups excluding carboxylic acids is 2. The van der Waals surface area contributed by atoms with Crippen LogP contribution >= 0.6 is 15.9 Å². The summed E-state index contributed by atoms with van der Waals surface area (Å²) in [6, 6.07) is 14.5. The molecule has 2 amide bonds. The molecule has 0 heterocycles. The molecule has 30 heavy (non-hydrogen) atoms. The first kappa shape index (κ1) is 23.7. The average molecular weight is 477 g/mol. The van der Waals surface area contributed by atoms with Crippen LogP contribution in [0.4, 0.5) is 0 Å². The number of ether oxygens (including phenoxy) is 2. The summed E-state index contributed by atoms with van der Waals surface area (Å²) in [5.41, 5.74) is 0.970. The summed E-state index contributed by atoms with van der Waals surface area (Å²) in [5, 5.41) is 2.80. The predicted octanol–water partition coefficient (Wildman–Crippen LogP) is 4.17. The van der Waals surface area contributed by atoms with Crippen molar-refractivity contribution in [1.29, 1.82) is 0 Å². The molecule has 7 heteroatoms.